The Kier molecular flexibility index (Phi) is 6.74. The lowest BCUT2D eigenvalue weighted by Crippen LogP contribution is -2.39. The summed E-state index contributed by atoms with van der Waals surface area (Å²) in [5.41, 5.74) is 0.168. The van der Waals surface area contributed by atoms with Crippen molar-refractivity contribution in [3.05, 3.63) is 89.5 Å². The van der Waals surface area contributed by atoms with E-state index in [2.05, 4.69) is 10.1 Å². The van der Waals surface area contributed by atoms with Gasteiger partial charge in [-0.15, -0.1) is 0 Å². The van der Waals surface area contributed by atoms with E-state index in [4.69, 9.17) is 0 Å². The van der Waals surface area contributed by atoms with Gasteiger partial charge in [-0.2, -0.15) is 5.10 Å². The Labute approximate surface area is 174 Å². The molecule has 3 atom stereocenters. The molecule has 158 valence electrons. The van der Waals surface area contributed by atoms with Crippen molar-refractivity contribution in [3.63, 3.8) is 0 Å². The van der Waals surface area contributed by atoms with Crippen LogP contribution in [0, 0.1) is 17.6 Å². The Hall–Kier alpha value is -2.90. The zero-order valence-corrected chi connectivity index (χ0v) is 16.9. The van der Waals surface area contributed by atoms with Crippen LogP contribution in [0.5, 0.6) is 0 Å². The van der Waals surface area contributed by atoms with E-state index in [0.29, 0.717) is 6.42 Å². The van der Waals surface area contributed by atoms with E-state index >= 15 is 0 Å². The Morgan fingerprint density at radius 2 is 1.87 bits per heavy atom. The second kappa shape index (κ2) is 9.28. The van der Waals surface area contributed by atoms with Gasteiger partial charge in [0.25, 0.3) is 0 Å². The molecular formula is C23H25F2N3O2. The van der Waals surface area contributed by atoms with E-state index < -0.39 is 29.3 Å². The fourth-order valence-corrected chi connectivity index (χ4v) is 3.40. The van der Waals surface area contributed by atoms with Crippen molar-refractivity contribution >= 4 is 6.08 Å². The van der Waals surface area contributed by atoms with Gasteiger partial charge in [0.2, 0.25) is 0 Å². The molecule has 5 nitrogen and oxygen atoms in total. The molecule has 0 aliphatic heterocycles. The van der Waals surface area contributed by atoms with E-state index in [-0.39, 0.29) is 12.1 Å². The maximum atomic E-state index is 14.5. The Morgan fingerprint density at radius 1 is 1.13 bits per heavy atom. The summed E-state index contributed by atoms with van der Waals surface area (Å²) in [5, 5.41) is 25.1. The van der Waals surface area contributed by atoms with Gasteiger partial charge in [-0.05, 0) is 36.5 Å². The van der Waals surface area contributed by atoms with Crippen molar-refractivity contribution in [1.29, 1.82) is 0 Å². The normalized spacial score (nSPS) is 15.8. The van der Waals surface area contributed by atoms with Crippen LogP contribution in [0.4, 0.5) is 8.78 Å². The number of hydrogen-bond acceptors (Lipinski definition) is 4. The first-order chi connectivity index (χ1) is 14.3. The van der Waals surface area contributed by atoms with Gasteiger partial charge < -0.3 is 10.2 Å². The molecule has 0 radical (unpaired) electrons. The quantitative estimate of drug-likeness (QED) is 0.580. The lowest BCUT2D eigenvalue weighted by atomic mass is 9.80. The molecule has 0 amide bonds. The van der Waals surface area contributed by atoms with Crippen LogP contribution in [0.25, 0.3) is 6.08 Å². The number of aromatic nitrogens is 3. The van der Waals surface area contributed by atoms with Gasteiger partial charge in [0.05, 0.1) is 12.6 Å². The van der Waals surface area contributed by atoms with Crippen LogP contribution in [0.1, 0.15) is 43.1 Å². The first kappa shape index (κ1) is 21.8. The van der Waals surface area contributed by atoms with E-state index in [9.17, 15) is 19.0 Å². The van der Waals surface area contributed by atoms with E-state index in [1.807, 2.05) is 36.4 Å². The first-order valence-corrected chi connectivity index (χ1v) is 9.74. The molecule has 2 N–H and O–H groups in total. The molecule has 7 heteroatoms. The molecule has 0 aliphatic carbocycles. The highest BCUT2D eigenvalue weighted by Gasteiger charge is 2.38. The summed E-state index contributed by atoms with van der Waals surface area (Å²) in [5.74, 6) is -1.91. The third-order valence-corrected chi connectivity index (χ3v) is 5.30. The molecule has 0 aliphatic rings. The average Bonchev–Trinajstić information content (AvgIpc) is 3.20. The predicted octanol–water partition coefficient (Wildman–Crippen LogP) is 4.24. The van der Waals surface area contributed by atoms with Crippen LogP contribution < -0.4 is 0 Å². The summed E-state index contributed by atoms with van der Waals surface area (Å²) in [6.07, 6.45) is 6.50. The summed E-state index contributed by atoms with van der Waals surface area (Å²) >= 11 is 0. The number of halogens is 2. The summed E-state index contributed by atoms with van der Waals surface area (Å²) in [6, 6.07) is 10.7. The van der Waals surface area contributed by atoms with E-state index in [1.165, 1.54) is 23.4 Å². The van der Waals surface area contributed by atoms with Crippen LogP contribution in [0.2, 0.25) is 0 Å². The molecule has 1 unspecified atom stereocenters. The molecule has 1 heterocycles. The van der Waals surface area contributed by atoms with Gasteiger partial charge >= 0.3 is 0 Å². The maximum Gasteiger partial charge on any atom is 0.137 e. The number of nitrogens with zero attached hydrogens (tertiary/aromatic N) is 3. The Bertz CT molecular complexity index is 988. The fraction of sp³-hybridized carbons (Fsp3) is 0.304. The third kappa shape index (κ3) is 4.98. The zero-order valence-electron chi connectivity index (χ0n) is 16.9. The van der Waals surface area contributed by atoms with Crippen LogP contribution in [0.3, 0.4) is 0 Å². The average molecular weight is 413 g/mol. The fourth-order valence-electron chi connectivity index (χ4n) is 3.40. The highest BCUT2D eigenvalue weighted by molar-refractivity contribution is 5.49. The molecule has 1 aromatic heterocycles. The number of allylic oxidation sites excluding steroid dienone is 1. The van der Waals surface area contributed by atoms with Crippen molar-refractivity contribution in [1.82, 2.24) is 14.8 Å². The standard InChI is InChI=1S/C23H25F2N3O2/c1-16(4-3-5-18-6-8-19(9-7-18)17(2)29)23(30,13-28-15-26-14-27-28)21-11-10-20(24)12-22(21)25/h3,5-12,14-17,29-30H,4,13H2,1-2H3/b5-3+/t16-,17?,23+/m0/s1. The van der Waals surface area contributed by atoms with Gasteiger partial charge in [-0.25, -0.2) is 18.4 Å². The van der Waals surface area contributed by atoms with Crippen molar-refractivity contribution in [3.8, 4) is 0 Å². The van der Waals surface area contributed by atoms with Crippen molar-refractivity contribution < 1.29 is 19.0 Å². The lowest BCUT2D eigenvalue weighted by molar-refractivity contribution is -0.0379. The summed E-state index contributed by atoms with van der Waals surface area (Å²) in [7, 11) is 0. The number of rotatable bonds is 8. The number of hydrogen-bond donors (Lipinski definition) is 2. The van der Waals surface area contributed by atoms with Crippen molar-refractivity contribution in [2.75, 3.05) is 0 Å². The smallest absolute Gasteiger partial charge is 0.137 e. The maximum absolute atomic E-state index is 14.5. The zero-order chi connectivity index (χ0) is 21.7. The Balaban J connectivity index is 1.82. The minimum absolute atomic E-state index is 0.0154. The highest BCUT2D eigenvalue weighted by atomic mass is 19.1. The largest absolute Gasteiger partial charge is 0.389 e. The van der Waals surface area contributed by atoms with Crippen LogP contribution in [-0.4, -0.2) is 25.0 Å². The van der Waals surface area contributed by atoms with Crippen molar-refractivity contribution in [2.45, 2.75) is 38.5 Å². The van der Waals surface area contributed by atoms with Crippen LogP contribution in [0.15, 0.2) is 61.2 Å². The first-order valence-electron chi connectivity index (χ1n) is 9.74. The summed E-state index contributed by atoms with van der Waals surface area (Å²) in [4.78, 5) is 3.87. The monoisotopic (exact) mass is 413 g/mol. The van der Waals surface area contributed by atoms with E-state index in [0.717, 1.165) is 23.3 Å². The molecule has 2 aromatic carbocycles. The molecule has 0 fully saturated rings. The third-order valence-electron chi connectivity index (χ3n) is 5.30. The predicted molar refractivity (Wildman–Crippen MR) is 110 cm³/mol. The van der Waals surface area contributed by atoms with Crippen LogP contribution in [-0.2, 0) is 12.1 Å². The van der Waals surface area contributed by atoms with Gasteiger partial charge in [-0.3, -0.25) is 0 Å². The van der Waals surface area contributed by atoms with Crippen LogP contribution >= 0.6 is 0 Å². The molecular weight excluding hydrogens is 388 g/mol. The number of aliphatic hydroxyl groups is 2. The molecule has 3 rings (SSSR count). The molecule has 0 spiro atoms. The topological polar surface area (TPSA) is 71.2 Å². The van der Waals surface area contributed by atoms with E-state index in [1.54, 1.807) is 13.8 Å². The number of benzene rings is 2. The highest BCUT2D eigenvalue weighted by Crippen LogP contribution is 2.35. The molecule has 0 saturated carbocycles. The summed E-state index contributed by atoms with van der Waals surface area (Å²) < 4.78 is 29.4. The van der Waals surface area contributed by atoms with Gasteiger partial charge in [0.15, 0.2) is 0 Å². The molecule has 0 bridgehead atoms. The second-order valence-corrected chi connectivity index (χ2v) is 7.52. The van der Waals surface area contributed by atoms with Crippen molar-refractivity contribution in [2.24, 2.45) is 5.92 Å². The Morgan fingerprint density at radius 3 is 2.47 bits per heavy atom. The van der Waals surface area contributed by atoms with Gasteiger partial charge in [0, 0.05) is 11.6 Å². The SMILES string of the molecule is CC(O)c1ccc(/C=C/C[C@H](C)[C@](O)(Cn2cncn2)c2ccc(F)cc2F)cc1. The minimum atomic E-state index is -1.62. The molecule has 3 aromatic rings. The molecule has 0 saturated heterocycles. The summed E-state index contributed by atoms with van der Waals surface area (Å²) in [6.45, 7) is 3.49. The lowest BCUT2D eigenvalue weighted by Gasteiger charge is -2.34. The number of aliphatic hydroxyl groups excluding tert-OH is 1. The van der Waals surface area contributed by atoms with Gasteiger partial charge in [-0.1, -0.05) is 49.4 Å². The molecule has 30 heavy (non-hydrogen) atoms. The second-order valence-electron chi connectivity index (χ2n) is 7.52. The van der Waals surface area contributed by atoms with Gasteiger partial charge in [0.1, 0.15) is 29.9 Å². The minimum Gasteiger partial charge on any atom is -0.389 e.